The third-order valence-electron chi connectivity index (χ3n) is 3.46. The number of rotatable bonds is 4. The molecule has 3 nitrogen and oxygen atoms in total. The summed E-state index contributed by atoms with van der Waals surface area (Å²) in [6.07, 6.45) is 1.87. The molecule has 0 spiro atoms. The lowest BCUT2D eigenvalue weighted by Crippen LogP contribution is -2.23. The van der Waals surface area contributed by atoms with E-state index in [1.54, 1.807) is 0 Å². The number of nitrogens with zero attached hydrogens (tertiary/aromatic N) is 2. The van der Waals surface area contributed by atoms with E-state index in [0.29, 0.717) is 6.04 Å². The molecule has 20 heavy (non-hydrogen) atoms. The third kappa shape index (κ3) is 2.85. The van der Waals surface area contributed by atoms with E-state index in [9.17, 15) is 0 Å². The number of halogens is 2. The van der Waals surface area contributed by atoms with Crippen molar-refractivity contribution < 1.29 is 0 Å². The lowest BCUT2D eigenvalue weighted by atomic mass is 9.98. The van der Waals surface area contributed by atoms with Crippen LogP contribution in [0.4, 0.5) is 0 Å². The van der Waals surface area contributed by atoms with Gasteiger partial charge in [0, 0.05) is 10.5 Å². The number of hydrogen-bond acceptors (Lipinski definition) is 2. The van der Waals surface area contributed by atoms with Gasteiger partial charge in [-0.25, -0.2) is 0 Å². The Kier molecular flexibility index (Phi) is 5.04. The molecule has 1 unspecified atom stereocenters. The van der Waals surface area contributed by atoms with Crippen LogP contribution in [0.25, 0.3) is 0 Å². The summed E-state index contributed by atoms with van der Waals surface area (Å²) in [5, 5.41) is 7.89. The van der Waals surface area contributed by atoms with E-state index in [0.717, 1.165) is 14.6 Å². The van der Waals surface area contributed by atoms with Crippen LogP contribution in [0.1, 0.15) is 42.8 Å². The summed E-state index contributed by atoms with van der Waals surface area (Å²) >= 11 is 7.24. The van der Waals surface area contributed by atoms with Crippen molar-refractivity contribution in [3.8, 4) is 0 Å². The summed E-state index contributed by atoms with van der Waals surface area (Å²) in [7, 11) is 1.98. The number of aromatic nitrogens is 2. The first kappa shape index (κ1) is 15.7. The van der Waals surface area contributed by atoms with Crippen molar-refractivity contribution >= 4 is 31.9 Å². The van der Waals surface area contributed by atoms with Gasteiger partial charge in [0.05, 0.1) is 22.4 Å². The second-order valence-electron chi connectivity index (χ2n) is 5.09. The monoisotopic (exact) mass is 399 g/mol. The summed E-state index contributed by atoms with van der Waals surface area (Å²) in [5.41, 5.74) is 3.66. The Morgan fingerprint density at radius 1 is 1.20 bits per heavy atom. The van der Waals surface area contributed by atoms with Crippen LogP contribution >= 0.6 is 31.9 Å². The zero-order valence-corrected chi connectivity index (χ0v) is 15.3. The molecule has 1 aromatic heterocycles. The van der Waals surface area contributed by atoms with Crippen LogP contribution in [0.2, 0.25) is 0 Å². The summed E-state index contributed by atoms with van der Waals surface area (Å²) in [4.78, 5) is 0. The van der Waals surface area contributed by atoms with Crippen molar-refractivity contribution in [2.75, 3.05) is 7.05 Å². The van der Waals surface area contributed by atoms with Gasteiger partial charge in [-0.3, -0.25) is 4.68 Å². The topological polar surface area (TPSA) is 29.9 Å². The van der Waals surface area contributed by atoms with E-state index >= 15 is 0 Å². The molecule has 1 atom stereocenters. The molecule has 1 aromatic carbocycles. The molecular weight excluding hydrogens is 382 g/mol. The summed E-state index contributed by atoms with van der Waals surface area (Å²) in [6.45, 7) is 6.42. The lowest BCUT2D eigenvalue weighted by Gasteiger charge is -2.23. The molecule has 108 valence electrons. The zero-order chi connectivity index (χ0) is 14.9. The molecule has 5 heteroatoms. The lowest BCUT2D eigenvalue weighted by molar-refractivity contribution is 0.482. The summed E-state index contributed by atoms with van der Waals surface area (Å²) < 4.78 is 4.22. The SMILES string of the molecule is CNC(c1cccc(Br)c1C)c1c(Br)cnn1C(C)C. The molecule has 0 fully saturated rings. The first-order chi connectivity index (χ1) is 9.47. The predicted octanol–water partition coefficient (Wildman–Crippen LogP) is 4.61. The third-order valence-corrected chi connectivity index (χ3v) is 4.93. The fraction of sp³-hybridized carbons (Fsp3) is 0.400. The van der Waals surface area contributed by atoms with E-state index in [4.69, 9.17) is 0 Å². The van der Waals surface area contributed by atoms with Gasteiger partial charge in [-0.15, -0.1) is 0 Å². The maximum Gasteiger partial charge on any atom is 0.0760 e. The summed E-state index contributed by atoms with van der Waals surface area (Å²) in [5.74, 6) is 0. The van der Waals surface area contributed by atoms with Crippen molar-refractivity contribution in [3.05, 3.63) is 50.2 Å². The van der Waals surface area contributed by atoms with Crippen molar-refractivity contribution in [2.24, 2.45) is 0 Å². The normalized spacial score (nSPS) is 12.9. The first-order valence-electron chi connectivity index (χ1n) is 6.62. The minimum Gasteiger partial charge on any atom is -0.308 e. The highest BCUT2D eigenvalue weighted by molar-refractivity contribution is 9.10. The molecule has 0 bridgehead atoms. The van der Waals surface area contributed by atoms with Gasteiger partial charge in [0.2, 0.25) is 0 Å². The van der Waals surface area contributed by atoms with Crippen molar-refractivity contribution in [2.45, 2.75) is 32.9 Å². The van der Waals surface area contributed by atoms with Crippen molar-refractivity contribution in [3.63, 3.8) is 0 Å². The van der Waals surface area contributed by atoms with Gasteiger partial charge in [0.15, 0.2) is 0 Å². The molecule has 0 saturated heterocycles. The molecule has 2 aromatic rings. The van der Waals surface area contributed by atoms with Crippen LogP contribution < -0.4 is 5.32 Å². The van der Waals surface area contributed by atoms with Crippen LogP contribution in [-0.2, 0) is 0 Å². The molecule has 0 saturated carbocycles. The average molecular weight is 401 g/mol. The highest BCUT2D eigenvalue weighted by Gasteiger charge is 2.23. The number of benzene rings is 1. The molecule has 1 N–H and O–H groups in total. The van der Waals surface area contributed by atoms with Gasteiger partial charge in [0.1, 0.15) is 0 Å². The second-order valence-corrected chi connectivity index (χ2v) is 6.80. The predicted molar refractivity (Wildman–Crippen MR) is 90.1 cm³/mol. The Bertz CT molecular complexity index is 605. The largest absolute Gasteiger partial charge is 0.308 e. The quantitative estimate of drug-likeness (QED) is 0.812. The number of nitrogens with one attached hydrogen (secondary N) is 1. The highest BCUT2D eigenvalue weighted by Crippen LogP contribution is 2.33. The molecular formula is C15H19Br2N3. The Hall–Kier alpha value is -0.650. The Labute approximate surface area is 137 Å². The standard InChI is InChI=1S/C15H19Br2N3/c1-9(2)20-15(13(17)8-19-20)14(18-4)11-6-5-7-12(16)10(11)3/h5-9,14,18H,1-4H3. The fourth-order valence-electron chi connectivity index (χ4n) is 2.41. The van der Waals surface area contributed by atoms with E-state index in [-0.39, 0.29) is 6.04 Å². The zero-order valence-electron chi connectivity index (χ0n) is 12.1. The van der Waals surface area contributed by atoms with Gasteiger partial charge < -0.3 is 5.32 Å². The molecule has 0 amide bonds. The molecule has 0 radical (unpaired) electrons. The van der Waals surface area contributed by atoms with E-state index < -0.39 is 0 Å². The molecule has 0 aliphatic rings. The molecule has 0 aliphatic carbocycles. The smallest absolute Gasteiger partial charge is 0.0760 e. The first-order valence-corrected chi connectivity index (χ1v) is 8.21. The van der Waals surface area contributed by atoms with Crippen molar-refractivity contribution in [1.29, 1.82) is 0 Å². The van der Waals surface area contributed by atoms with Crippen LogP contribution in [0.5, 0.6) is 0 Å². The van der Waals surface area contributed by atoms with Gasteiger partial charge in [-0.05, 0) is 60.9 Å². The Morgan fingerprint density at radius 2 is 1.90 bits per heavy atom. The highest BCUT2D eigenvalue weighted by atomic mass is 79.9. The minimum absolute atomic E-state index is 0.103. The average Bonchev–Trinajstić information content (AvgIpc) is 2.78. The molecule has 0 aliphatic heterocycles. The minimum atomic E-state index is 0.103. The second kappa shape index (κ2) is 6.41. The van der Waals surface area contributed by atoms with Crippen LogP contribution in [0.15, 0.2) is 33.3 Å². The van der Waals surface area contributed by atoms with E-state index in [2.05, 4.69) is 85.9 Å². The Balaban J connectivity index is 2.58. The van der Waals surface area contributed by atoms with Gasteiger partial charge in [-0.1, -0.05) is 28.1 Å². The number of hydrogen-bond donors (Lipinski definition) is 1. The molecule has 1 heterocycles. The maximum atomic E-state index is 4.48. The van der Waals surface area contributed by atoms with Gasteiger partial charge >= 0.3 is 0 Å². The summed E-state index contributed by atoms with van der Waals surface area (Å²) in [6, 6.07) is 6.72. The molecule has 2 rings (SSSR count). The van der Waals surface area contributed by atoms with E-state index in [1.807, 2.05) is 13.2 Å². The van der Waals surface area contributed by atoms with Crippen LogP contribution in [0, 0.1) is 6.92 Å². The van der Waals surface area contributed by atoms with Crippen LogP contribution in [-0.4, -0.2) is 16.8 Å². The van der Waals surface area contributed by atoms with Crippen molar-refractivity contribution in [1.82, 2.24) is 15.1 Å². The maximum absolute atomic E-state index is 4.48. The van der Waals surface area contributed by atoms with Gasteiger partial charge in [-0.2, -0.15) is 5.10 Å². The van der Waals surface area contributed by atoms with Crippen LogP contribution in [0.3, 0.4) is 0 Å². The van der Waals surface area contributed by atoms with Gasteiger partial charge in [0.25, 0.3) is 0 Å². The fourth-order valence-corrected chi connectivity index (χ4v) is 3.29. The Morgan fingerprint density at radius 3 is 2.50 bits per heavy atom. The van der Waals surface area contributed by atoms with E-state index in [1.165, 1.54) is 11.1 Å².